The van der Waals surface area contributed by atoms with Crippen molar-refractivity contribution < 1.29 is 19.8 Å². The van der Waals surface area contributed by atoms with Gasteiger partial charge in [0.2, 0.25) is 5.91 Å². The number of aliphatic hydroxyl groups is 1. The van der Waals surface area contributed by atoms with E-state index in [1.807, 2.05) is 19.1 Å². The number of fused-ring (bicyclic) bond motifs is 2. The third kappa shape index (κ3) is 1.87. The van der Waals surface area contributed by atoms with Crippen LogP contribution in [0.5, 0.6) is 0 Å². The first-order valence-electron chi connectivity index (χ1n) is 7.37. The van der Waals surface area contributed by atoms with Gasteiger partial charge in [0.05, 0.1) is 24.5 Å². The number of carboxylic acid groups (broad SMARTS) is 1. The zero-order chi connectivity index (χ0) is 14.4. The van der Waals surface area contributed by atoms with E-state index in [4.69, 9.17) is 0 Å². The fourth-order valence-electron chi connectivity index (χ4n) is 4.25. The molecule has 3 rings (SSSR count). The summed E-state index contributed by atoms with van der Waals surface area (Å²) >= 11 is 0. The van der Waals surface area contributed by atoms with Gasteiger partial charge in [-0.1, -0.05) is 19.1 Å². The Morgan fingerprint density at radius 2 is 1.90 bits per heavy atom. The molecule has 1 amide bonds. The van der Waals surface area contributed by atoms with E-state index in [9.17, 15) is 19.8 Å². The maximum Gasteiger partial charge on any atom is 0.307 e. The van der Waals surface area contributed by atoms with Crippen LogP contribution in [0.4, 0.5) is 0 Å². The number of nitrogens with zero attached hydrogens (tertiary/aromatic N) is 1. The molecular weight excluding hydrogens is 258 g/mol. The van der Waals surface area contributed by atoms with Gasteiger partial charge in [-0.2, -0.15) is 0 Å². The Morgan fingerprint density at radius 1 is 1.25 bits per heavy atom. The topological polar surface area (TPSA) is 77.8 Å². The van der Waals surface area contributed by atoms with Crippen LogP contribution in [0.25, 0.3) is 0 Å². The zero-order valence-corrected chi connectivity index (χ0v) is 11.6. The number of carboxylic acids is 1. The van der Waals surface area contributed by atoms with Crippen LogP contribution in [-0.2, 0) is 9.59 Å². The second-order valence-corrected chi connectivity index (χ2v) is 6.39. The molecule has 6 atom stereocenters. The van der Waals surface area contributed by atoms with Crippen LogP contribution in [0.1, 0.15) is 19.8 Å². The van der Waals surface area contributed by atoms with Gasteiger partial charge in [0.25, 0.3) is 0 Å². The Labute approximate surface area is 118 Å². The van der Waals surface area contributed by atoms with Gasteiger partial charge in [-0.15, -0.1) is 0 Å². The van der Waals surface area contributed by atoms with Crippen LogP contribution in [0.3, 0.4) is 0 Å². The zero-order valence-electron chi connectivity index (χ0n) is 11.6. The quantitative estimate of drug-likeness (QED) is 0.747. The molecule has 2 aliphatic carbocycles. The van der Waals surface area contributed by atoms with E-state index < -0.39 is 17.8 Å². The molecular formula is C15H21NO4. The third-order valence-electron chi connectivity index (χ3n) is 5.38. The van der Waals surface area contributed by atoms with Crippen molar-refractivity contribution in [2.45, 2.75) is 25.8 Å². The van der Waals surface area contributed by atoms with Crippen molar-refractivity contribution in [2.75, 3.05) is 13.2 Å². The van der Waals surface area contributed by atoms with Crippen molar-refractivity contribution in [3.63, 3.8) is 0 Å². The lowest BCUT2D eigenvalue weighted by Gasteiger charge is -2.32. The summed E-state index contributed by atoms with van der Waals surface area (Å²) in [6.45, 7) is 2.63. The second kappa shape index (κ2) is 4.88. The molecule has 0 aromatic heterocycles. The molecule has 1 saturated heterocycles. The van der Waals surface area contributed by atoms with Gasteiger partial charge < -0.3 is 15.1 Å². The molecule has 1 aliphatic heterocycles. The highest BCUT2D eigenvalue weighted by Crippen LogP contribution is 2.49. The van der Waals surface area contributed by atoms with Crippen LogP contribution >= 0.6 is 0 Å². The molecule has 0 radical (unpaired) electrons. The predicted molar refractivity (Wildman–Crippen MR) is 71.7 cm³/mol. The summed E-state index contributed by atoms with van der Waals surface area (Å²) in [5.41, 5.74) is 0. The maximum absolute atomic E-state index is 12.8. The lowest BCUT2D eigenvalue weighted by molar-refractivity contribution is -0.151. The SMILES string of the molecule is CC1CCN(C(=O)C2C3C=CC(C3)C2C(=O)O)C1CO. The highest BCUT2D eigenvalue weighted by Gasteiger charge is 2.53. The molecule has 3 aliphatic rings. The Morgan fingerprint density at radius 3 is 2.50 bits per heavy atom. The highest BCUT2D eigenvalue weighted by molar-refractivity contribution is 5.87. The normalized spacial score (nSPS) is 42.4. The summed E-state index contributed by atoms with van der Waals surface area (Å²) in [5.74, 6) is -1.63. The highest BCUT2D eigenvalue weighted by atomic mass is 16.4. The monoisotopic (exact) mass is 279 g/mol. The van der Waals surface area contributed by atoms with Gasteiger partial charge in [-0.25, -0.2) is 0 Å². The molecule has 0 aromatic rings. The fraction of sp³-hybridized carbons (Fsp3) is 0.733. The Balaban J connectivity index is 1.83. The van der Waals surface area contributed by atoms with Crippen molar-refractivity contribution in [1.82, 2.24) is 4.90 Å². The number of carbonyl (C=O) groups excluding carboxylic acids is 1. The molecule has 0 spiro atoms. The lowest BCUT2D eigenvalue weighted by Crippen LogP contribution is -2.47. The number of amides is 1. The molecule has 20 heavy (non-hydrogen) atoms. The molecule has 5 heteroatoms. The number of likely N-dealkylation sites (tertiary alicyclic amines) is 1. The van der Waals surface area contributed by atoms with Crippen molar-refractivity contribution in [3.8, 4) is 0 Å². The second-order valence-electron chi connectivity index (χ2n) is 6.39. The molecule has 2 N–H and O–H groups in total. The molecule has 1 heterocycles. The first kappa shape index (κ1) is 13.6. The number of rotatable bonds is 3. The number of hydrogen-bond donors (Lipinski definition) is 2. The van der Waals surface area contributed by atoms with E-state index in [1.54, 1.807) is 4.90 Å². The van der Waals surface area contributed by atoms with E-state index in [-0.39, 0.29) is 36.3 Å². The van der Waals surface area contributed by atoms with Crippen molar-refractivity contribution in [2.24, 2.45) is 29.6 Å². The molecule has 2 fully saturated rings. The Bertz CT molecular complexity index is 461. The molecule has 2 bridgehead atoms. The first-order chi connectivity index (χ1) is 9.54. The number of aliphatic hydroxyl groups excluding tert-OH is 1. The van der Waals surface area contributed by atoms with Gasteiger partial charge in [-0.3, -0.25) is 9.59 Å². The largest absolute Gasteiger partial charge is 0.481 e. The van der Waals surface area contributed by atoms with Crippen LogP contribution < -0.4 is 0 Å². The molecule has 1 saturated carbocycles. The van der Waals surface area contributed by atoms with Crippen LogP contribution in [-0.4, -0.2) is 46.2 Å². The predicted octanol–water partition coefficient (Wildman–Crippen LogP) is 0.739. The third-order valence-corrected chi connectivity index (χ3v) is 5.38. The van der Waals surface area contributed by atoms with Crippen molar-refractivity contribution >= 4 is 11.9 Å². The van der Waals surface area contributed by atoms with Crippen LogP contribution in [0, 0.1) is 29.6 Å². The minimum Gasteiger partial charge on any atom is -0.481 e. The van der Waals surface area contributed by atoms with E-state index in [2.05, 4.69) is 0 Å². The van der Waals surface area contributed by atoms with E-state index in [0.717, 1.165) is 12.8 Å². The van der Waals surface area contributed by atoms with Gasteiger partial charge in [-0.05, 0) is 30.6 Å². The standard InChI is InChI=1S/C15H21NO4/c1-8-4-5-16(11(8)7-17)14(18)12-9-2-3-10(6-9)13(12)15(19)20/h2-3,8-13,17H,4-7H2,1H3,(H,19,20). The number of allylic oxidation sites excluding steroid dienone is 2. The smallest absolute Gasteiger partial charge is 0.307 e. The number of aliphatic carboxylic acids is 1. The minimum absolute atomic E-state index is 0.000877. The summed E-state index contributed by atoms with van der Waals surface area (Å²) in [6.07, 6.45) is 5.61. The average Bonchev–Trinajstić information content (AvgIpc) is 3.10. The fourth-order valence-corrected chi connectivity index (χ4v) is 4.25. The Kier molecular flexibility index (Phi) is 3.32. The van der Waals surface area contributed by atoms with Crippen LogP contribution in [0.2, 0.25) is 0 Å². The maximum atomic E-state index is 12.8. The summed E-state index contributed by atoms with van der Waals surface area (Å²) in [6, 6.07) is -0.153. The lowest BCUT2D eigenvalue weighted by atomic mass is 9.82. The van der Waals surface area contributed by atoms with Gasteiger partial charge in [0.1, 0.15) is 0 Å². The van der Waals surface area contributed by atoms with Gasteiger partial charge in [0.15, 0.2) is 0 Å². The van der Waals surface area contributed by atoms with E-state index in [0.29, 0.717) is 6.54 Å². The number of hydrogen-bond acceptors (Lipinski definition) is 3. The van der Waals surface area contributed by atoms with E-state index >= 15 is 0 Å². The Hall–Kier alpha value is -1.36. The number of carbonyl (C=O) groups is 2. The summed E-state index contributed by atoms with van der Waals surface area (Å²) < 4.78 is 0. The molecule has 5 nitrogen and oxygen atoms in total. The molecule has 0 aromatic carbocycles. The van der Waals surface area contributed by atoms with Crippen LogP contribution in [0.15, 0.2) is 12.2 Å². The molecule has 110 valence electrons. The summed E-state index contributed by atoms with van der Waals surface area (Å²) in [7, 11) is 0. The first-order valence-corrected chi connectivity index (χ1v) is 7.37. The van der Waals surface area contributed by atoms with Crippen molar-refractivity contribution in [3.05, 3.63) is 12.2 Å². The van der Waals surface area contributed by atoms with Gasteiger partial charge in [0, 0.05) is 6.54 Å². The molecule has 6 unspecified atom stereocenters. The average molecular weight is 279 g/mol. The minimum atomic E-state index is -0.868. The van der Waals surface area contributed by atoms with E-state index in [1.165, 1.54) is 0 Å². The summed E-state index contributed by atoms with van der Waals surface area (Å²) in [4.78, 5) is 26.0. The summed E-state index contributed by atoms with van der Waals surface area (Å²) in [5, 5.41) is 18.9. The van der Waals surface area contributed by atoms with Gasteiger partial charge >= 0.3 is 5.97 Å². The van der Waals surface area contributed by atoms with Crippen molar-refractivity contribution in [1.29, 1.82) is 0 Å².